The molecule has 3 atom stereocenters. The van der Waals surface area contributed by atoms with Gasteiger partial charge in [-0.1, -0.05) is 64.7 Å². The predicted octanol–water partition coefficient (Wildman–Crippen LogP) is 4.47. The third-order valence-electron chi connectivity index (χ3n) is 4.62. The van der Waals surface area contributed by atoms with Gasteiger partial charge in [-0.2, -0.15) is 0 Å². The quantitative estimate of drug-likeness (QED) is 0.595. The van der Waals surface area contributed by atoms with Crippen molar-refractivity contribution in [2.45, 2.75) is 83.7 Å². The monoisotopic (exact) mass is 252 g/mol. The molecule has 0 bridgehead atoms. The van der Waals surface area contributed by atoms with Crippen LogP contribution in [-0.2, 0) is 9.53 Å². The highest BCUT2D eigenvalue weighted by Gasteiger charge is 2.41. The number of carbonyl (C=O) groups is 1. The molecule has 18 heavy (non-hydrogen) atoms. The van der Waals surface area contributed by atoms with Crippen LogP contribution in [0.1, 0.15) is 77.6 Å². The predicted molar refractivity (Wildman–Crippen MR) is 73.3 cm³/mol. The summed E-state index contributed by atoms with van der Waals surface area (Å²) in [6, 6.07) is 0. The molecule has 1 saturated carbocycles. The molecule has 0 aromatic heterocycles. The molecule has 2 heteroatoms. The molecule has 1 saturated heterocycles. The Labute approximate surface area is 111 Å². The van der Waals surface area contributed by atoms with Gasteiger partial charge in [0, 0.05) is 0 Å². The van der Waals surface area contributed by atoms with Crippen LogP contribution < -0.4 is 0 Å². The summed E-state index contributed by atoms with van der Waals surface area (Å²) in [4.78, 5) is 11.5. The molecule has 2 nitrogen and oxygen atoms in total. The molecule has 2 fully saturated rings. The summed E-state index contributed by atoms with van der Waals surface area (Å²) in [7, 11) is 0. The van der Waals surface area contributed by atoms with E-state index in [-0.39, 0.29) is 18.0 Å². The second kappa shape index (κ2) is 7.16. The van der Waals surface area contributed by atoms with Gasteiger partial charge >= 0.3 is 5.97 Å². The maximum Gasteiger partial charge on any atom is 0.313 e. The van der Waals surface area contributed by atoms with E-state index in [1.807, 2.05) is 0 Å². The van der Waals surface area contributed by atoms with Gasteiger partial charge in [0.1, 0.15) is 6.10 Å². The summed E-state index contributed by atoms with van der Waals surface area (Å²) in [5, 5.41) is 0. The Morgan fingerprint density at radius 2 is 1.44 bits per heavy atom. The van der Waals surface area contributed by atoms with Crippen LogP contribution in [0.5, 0.6) is 0 Å². The molecule has 2 rings (SSSR count). The van der Waals surface area contributed by atoms with Gasteiger partial charge < -0.3 is 4.74 Å². The highest BCUT2D eigenvalue weighted by Crippen LogP contribution is 2.33. The number of hydrogen-bond acceptors (Lipinski definition) is 2. The number of ether oxygens (including phenoxy) is 1. The van der Waals surface area contributed by atoms with Crippen molar-refractivity contribution in [2.24, 2.45) is 11.8 Å². The van der Waals surface area contributed by atoms with E-state index in [9.17, 15) is 4.79 Å². The van der Waals surface area contributed by atoms with Gasteiger partial charge in [-0.15, -0.1) is 0 Å². The van der Waals surface area contributed by atoms with Crippen molar-refractivity contribution in [1.29, 1.82) is 0 Å². The molecule has 0 radical (unpaired) electrons. The van der Waals surface area contributed by atoms with Crippen LogP contribution in [0.3, 0.4) is 0 Å². The average Bonchev–Trinajstić information content (AvgIpc) is 2.34. The first-order valence-corrected chi connectivity index (χ1v) is 7.98. The van der Waals surface area contributed by atoms with Gasteiger partial charge in [-0.25, -0.2) is 0 Å². The second-order valence-corrected chi connectivity index (χ2v) is 6.33. The maximum atomic E-state index is 11.5. The topological polar surface area (TPSA) is 26.3 Å². The summed E-state index contributed by atoms with van der Waals surface area (Å²) in [5.41, 5.74) is 0. The molecule has 2 aliphatic rings. The summed E-state index contributed by atoms with van der Waals surface area (Å²) in [6.07, 6.45) is 14.5. The highest BCUT2D eigenvalue weighted by atomic mass is 16.6. The first-order valence-electron chi connectivity index (χ1n) is 7.98. The van der Waals surface area contributed by atoms with E-state index in [1.165, 1.54) is 57.8 Å². The van der Waals surface area contributed by atoms with Crippen molar-refractivity contribution in [3.63, 3.8) is 0 Å². The summed E-state index contributed by atoms with van der Waals surface area (Å²) in [5.74, 6) is 1.02. The van der Waals surface area contributed by atoms with E-state index in [1.54, 1.807) is 0 Å². The smallest absolute Gasteiger partial charge is 0.313 e. The van der Waals surface area contributed by atoms with Crippen molar-refractivity contribution in [3.05, 3.63) is 0 Å². The van der Waals surface area contributed by atoms with Gasteiger partial charge in [-0.3, -0.25) is 4.79 Å². The van der Waals surface area contributed by atoms with Crippen LogP contribution in [0.2, 0.25) is 0 Å². The van der Waals surface area contributed by atoms with E-state index < -0.39 is 0 Å². The van der Waals surface area contributed by atoms with Gasteiger partial charge in [0.05, 0.1) is 5.92 Å². The molecular weight excluding hydrogens is 224 g/mol. The second-order valence-electron chi connectivity index (χ2n) is 6.33. The average molecular weight is 252 g/mol. The Bertz CT molecular complexity index is 262. The minimum Gasteiger partial charge on any atom is -0.461 e. The van der Waals surface area contributed by atoms with E-state index in [0.29, 0.717) is 5.92 Å². The van der Waals surface area contributed by atoms with Gasteiger partial charge in [0.2, 0.25) is 0 Å². The van der Waals surface area contributed by atoms with Crippen LogP contribution in [0.15, 0.2) is 0 Å². The Balaban J connectivity index is 1.80. The van der Waals surface area contributed by atoms with Crippen LogP contribution in [0.25, 0.3) is 0 Å². The molecule has 0 spiro atoms. The first-order chi connectivity index (χ1) is 8.77. The van der Waals surface area contributed by atoms with E-state index >= 15 is 0 Å². The highest BCUT2D eigenvalue weighted by molar-refractivity contribution is 5.78. The summed E-state index contributed by atoms with van der Waals surface area (Å²) < 4.78 is 5.33. The van der Waals surface area contributed by atoms with Gasteiger partial charge in [0.25, 0.3) is 0 Å². The Kier molecular flexibility index (Phi) is 5.52. The minimum atomic E-state index is 0.0688. The molecule has 0 N–H and O–H groups in total. The Hall–Kier alpha value is -0.530. The van der Waals surface area contributed by atoms with Gasteiger partial charge in [-0.05, 0) is 18.8 Å². The number of carbonyl (C=O) groups excluding carboxylic acids is 1. The molecule has 1 aliphatic heterocycles. The van der Waals surface area contributed by atoms with Crippen molar-refractivity contribution >= 4 is 5.97 Å². The third-order valence-corrected chi connectivity index (χ3v) is 4.62. The van der Waals surface area contributed by atoms with Crippen molar-refractivity contribution in [3.8, 4) is 0 Å². The minimum absolute atomic E-state index is 0.0688. The molecule has 1 heterocycles. The fourth-order valence-corrected chi connectivity index (χ4v) is 3.35. The van der Waals surface area contributed by atoms with Crippen molar-refractivity contribution in [2.75, 3.05) is 0 Å². The Morgan fingerprint density at radius 1 is 0.889 bits per heavy atom. The third kappa shape index (κ3) is 4.00. The maximum absolute atomic E-state index is 11.5. The zero-order valence-corrected chi connectivity index (χ0v) is 11.8. The summed E-state index contributed by atoms with van der Waals surface area (Å²) >= 11 is 0. The Morgan fingerprint density at radius 3 is 2.06 bits per heavy atom. The van der Waals surface area contributed by atoms with Crippen LogP contribution in [0, 0.1) is 11.8 Å². The van der Waals surface area contributed by atoms with Crippen molar-refractivity contribution < 1.29 is 9.53 Å². The number of esters is 1. The van der Waals surface area contributed by atoms with Crippen LogP contribution in [-0.4, -0.2) is 12.1 Å². The molecular formula is C16H28O2. The lowest BCUT2D eigenvalue weighted by Gasteiger charge is -2.37. The molecule has 0 aromatic rings. The lowest BCUT2D eigenvalue weighted by atomic mass is 9.84. The van der Waals surface area contributed by atoms with E-state index in [4.69, 9.17) is 4.74 Å². The van der Waals surface area contributed by atoms with E-state index in [0.717, 1.165) is 12.8 Å². The van der Waals surface area contributed by atoms with Crippen molar-refractivity contribution in [1.82, 2.24) is 0 Å². The number of hydrogen-bond donors (Lipinski definition) is 0. The zero-order valence-electron chi connectivity index (χ0n) is 11.8. The largest absolute Gasteiger partial charge is 0.461 e. The fourth-order valence-electron chi connectivity index (χ4n) is 3.35. The molecule has 0 amide bonds. The molecule has 1 aliphatic carbocycles. The SMILES string of the molecule is CC1CCCCCCCCCCC2C(=O)OC2C1. The first kappa shape index (κ1) is 13.9. The van der Waals surface area contributed by atoms with E-state index in [2.05, 4.69) is 6.92 Å². The van der Waals surface area contributed by atoms with Gasteiger partial charge in [0.15, 0.2) is 0 Å². The fraction of sp³-hybridized carbons (Fsp3) is 0.938. The number of rotatable bonds is 0. The number of fused-ring (bicyclic) bond motifs is 1. The lowest BCUT2D eigenvalue weighted by Crippen LogP contribution is -2.45. The molecule has 0 aromatic carbocycles. The molecule has 104 valence electrons. The van der Waals surface area contributed by atoms with Crippen LogP contribution >= 0.6 is 0 Å². The lowest BCUT2D eigenvalue weighted by molar-refractivity contribution is -0.187. The normalized spacial score (nSPS) is 35.8. The summed E-state index contributed by atoms with van der Waals surface area (Å²) in [6.45, 7) is 2.31. The molecule has 3 unspecified atom stereocenters. The zero-order chi connectivity index (χ0) is 12.8. The van der Waals surface area contributed by atoms with Crippen LogP contribution in [0.4, 0.5) is 0 Å². The standard InChI is InChI=1S/C16H28O2/c1-13-10-8-6-4-2-3-5-7-9-11-14-15(12-13)18-16(14)17/h13-15H,2-12H2,1H3.